The molecule has 1 fully saturated rings. The Morgan fingerprint density at radius 1 is 0.889 bits per heavy atom. The lowest BCUT2D eigenvalue weighted by Gasteiger charge is -2.26. The lowest BCUT2D eigenvalue weighted by atomic mass is 9.95. The van der Waals surface area contributed by atoms with Gasteiger partial charge in [-0.3, -0.25) is 14.5 Å². The molecule has 3 aromatic rings. The number of carbonyl (C=O) groups is 2. The molecular weight excluding hydrogens is 454 g/mol. The number of Topliss-reactive ketones (excluding diaryl/α,β-unsaturated/α-hetero) is 1. The van der Waals surface area contributed by atoms with Crippen molar-refractivity contribution < 1.29 is 24.2 Å². The normalized spacial score (nSPS) is 16.8. The summed E-state index contributed by atoms with van der Waals surface area (Å²) >= 11 is 0. The van der Waals surface area contributed by atoms with Crippen LogP contribution in [-0.2, 0) is 9.59 Å². The average molecular weight is 486 g/mol. The summed E-state index contributed by atoms with van der Waals surface area (Å²) in [6.07, 6.45) is 4.36. The fourth-order valence-electron chi connectivity index (χ4n) is 4.42. The van der Waals surface area contributed by atoms with E-state index in [0.29, 0.717) is 34.9 Å². The summed E-state index contributed by atoms with van der Waals surface area (Å²) < 4.78 is 11.3. The van der Waals surface area contributed by atoms with Crippen LogP contribution in [0.5, 0.6) is 11.5 Å². The largest absolute Gasteiger partial charge is 0.507 e. The van der Waals surface area contributed by atoms with Crippen molar-refractivity contribution in [1.29, 1.82) is 0 Å². The second-order valence-electron chi connectivity index (χ2n) is 8.72. The molecular formula is C30H31NO5. The van der Waals surface area contributed by atoms with Crippen LogP contribution in [0.3, 0.4) is 0 Å². The Morgan fingerprint density at radius 2 is 1.64 bits per heavy atom. The number of methoxy groups -OCH3 is 1. The van der Waals surface area contributed by atoms with Crippen LogP contribution in [0, 0.1) is 0 Å². The van der Waals surface area contributed by atoms with Gasteiger partial charge in [0.25, 0.3) is 11.7 Å². The van der Waals surface area contributed by atoms with Gasteiger partial charge in [0.1, 0.15) is 17.3 Å². The van der Waals surface area contributed by atoms with Gasteiger partial charge < -0.3 is 14.6 Å². The molecule has 1 unspecified atom stereocenters. The molecule has 0 aromatic heterocycles. The SMILES string of the molecule is CCCCCCOc1cccc(N2C(=O)C(=O)/C(=C(\O)c3ccccc3)C2c2cccc(OC)c2)c1. The first-order valence-corrected chi connectivity index (χ1v) is 12.3. The third-order valence-corrected chi connectivity index (χ3v) is 6.26. The monoisotopic (exact) mass is 485 g/mol. The minimum absolute atomic E-state index is 0.0327. The van der Waals surface area contributed by atoms with Crippen LogP contribution in [0.4, 0.5) is 5.69 Å². The second kappa shape index (κ2) is 11.6. The van der Waals surface area contributed by atoms with Gasteiger partial charge in [0.2, 0.25) is 0 Å². The molecule has 0 aliphatic carbocycles. The number of ether oxygens (including phenoxy) is 2. The van der Waals surface area contributed by atoms with Crippen LogP contribution >= 0.6 is 0 Å². The lowest BCUT2D eigenvalue weighted by Crippen LogP contribution is -2.29. The molecule has 6 nitrogen and oxygen atoms in total. The third-order valence-electron chi connectivity index (χ3n) is 6.26. The van der Waals surface area contributed by atoms with Gasteiger partial charge in [-0.1, -0.05) is 74.7 Å². The summed E-state index contributed by atoms with van der Waals surface area (Å²) in [6.45, 7) is 2.74. The minimum Gasteiger partial charge on any atom is -0.507 e. The molecule has 186 valence electrons. The van der Waals surface area contributed by atoms with Gasteiger partial charge in [-0.25, -0.2) is 0 Å². The number of hydrogen-bond donors (Lipinski definition) is 1. The van der Waals surface area contributed by atoms with Crippen molar-refractivity contribution in [3.05, 3.63) is 95.6 Å². The van der Waals surface area contributed by atoms with Crippen LogP contribution in [0.25, 0.3) is 5.76 Å². The Labute approximate surface area is 211 Å². The number of amides is 1. The number of benzene rings is 3. The quantitative estimate of drug-likeness (QED) is 0.158. The molecule has 1 heterocycles. The number of rotatable bonds is 10. The molecule has 0 radical (unpaired) electrons. The maximum Gasteiger partial charge on any atom is 0.300 e. The van der Waals surface area contributed by atoms with Crippen molar-refractivity contribution in [3.8, 4) is 11.5 Å². The summed E-state index contributed by atoms with van der Waals surface area (Å²) in [5.74, 6) is -0.455. The predicted molar refractivity (Wildman–Crippen MR) is 140 cm³/mol. The summed E-state index contributed by atoms with van der Waals surface area (Å²) in [5.41, 5.74) is 1.66. The standard InChI is InChI=1S/C30H31NO5/c1-3-4-5-9-18-36-25-17-11-15-23(20-25)31-27(22-14-10-16-24(19-22)35-2)26(29(33)30(31)34)28(32)21-12-7-6-8-13-21/h6-8,10-17,19-20,27,32H,3-5,9,18H2,1-2H3/b28-26-. The molecule has 1 saturated heterocycles. The molecule has 1 aliphatic heterocycles. The molecule has 0 bridgehead atoms. The topological polar surface area (TPSA) is 76.1 Å². The Bertz CT molecular complexity index is 1250. The summed E-state index contributed by atoms with van der Waals surface area (Å²) in [7, 11) is 1.56. The average Bonchev–Trinajstić information content (AvgIpc) is 3.19. The highest BCUT2D eigenvalue weighted by atomic mass is 16.5. The number of nitrogens with zero attached hydrogens (tertiary/aromatic N) is 1. The van der Waals surface area contributed by atoms with E-state index in [0.717, 1.165) is 25.7 Å². The maximum absolute atomic E-state index is 13.4. The van der Waals surface area contributed by atoms with Gasteiger partial charge in [-0.15, -0.1) is 0 Å². The molecule has 36 heavy (non-hydrogen) atoms. The van der Waals surface area contributed by atoms with E-state index in [1.807, 2.05) is 18.2 Å². The first-order valence-electron chi connectivity index (χ1n) is 12.3. The van der Waals surface area contributed by atoms with E-state index in [1.165, 1.54) is 4.90 Å². The number of aliphatic hydroxyl groups excluding tert-OH is 1. The minimum atomic E-state index is -0.833. The molecule has 1 amide bonds. The van der Waals surface area contributed by atoms with Crippen LogP contribution in [0.1, 0.15) is 49.8 Å². The van der Waals surface area contributed by atoms with E-state index in [9.17, 15) is 14.7 Å². The Balaban J connectivity index is 1.77. The van der Waals surface area contributed by atoms with Crippen molar-refractivity contribution in [2.24, 2.45) is 0 Å². The van der Waals surface area contributed by atoms with Crippen LogP contribution in [0.15, 0.2) is 84.4 Å². The lowest BCUT2D eigenvalue weighted by molar-refractivity contribution is -0.132. The Morgan fingerprint density at radius 3 is 2.39 bits per heavy atom. The summed E-state index contributed by atoms with van der Waals surface area (Å²) in [6, 6.07) is 22.3. The van der Waals surface area contributed by atoms with Gasteiger partial charge in [0.05, 0.1) is 25.3 Å². The van der Waals surface area contributed by atoms with Crippen molar-refractivity contribution >= 4 is 23.1 Å². The zero-order valence-electron chi connectivity index (χ0n) is 20.6. The van der Waals surface area contributed by atoms with E-state index in [2.05, 4.69) is 6.92 Å². The first-order chi connectivity index (χ1) is 17.5. The fourth-order valence-corrected chi connectivity index (χ4v) is 4.42. The number of aliphatic hydroxyl groups is 1. The number of hydrogen-bond acceptors (Lipinski definition) is 5. The number of ketones is 1. The Hall–Kier alpha value is -4.06. The van der Waals surface area contributed by atoms with Gasteiger partial charge in [0, 0.05) is 17.3 Å². The van der Waals surface area contributed by atoms with Crippen molar-refractivity contribution in [3.63, 3.8) is 0 Å². The smallest absolute Gasteiger partial charge is 0.300 e. The van der Waals surface area contributed by atoms with E-state index >= 15 is 0 Å². The van der Waals surface area contributed by atoms with Gasteiger partial charge in [-0.05, 0) is 36.2 Å². The first kappa shape index (κ1) is 25.0. The van der Waals surface area contributed by atoms with Gasteiger partial charge in [0.15, 0.2) is 0 Å². The van der Waals surface area contributed by atoms with Crippen LogP contribution < -0.4 is 14.4 Å². The summed E-state index contributed by atoms with van der Waals surface area (Å²) in [4.78, 5) is 28.1. The molecule has 4 rings (SSSR count). The number of unbranched alkanes of at least 4 members (excludes halogenated alkanes) is 3. The maximum atomic E-state index is 13.4. The highest BCUT2D eigenvalue weighted by molar-refractivity contribution is 6.51. The second-order valence-corrected chi connectivity index (χ2v) is 8.72. The van der Waals surface area contributed by atoms with E-state index in [4.69, 9.17) is 9.47 Å². The molecule has 0 saturated carbocycles. The molecule has 0 spiro atoms. The van der Waals surface area contributed by atoms with E-state index < -0.39 is 17.7 Å². The third kappa shape index (κ3) is 5.28. The van der Waals surface area contributed by atoms with E-state index in [-0.39, 0.29) is 11.3 Å². The van der Waals surface area contributed by atoms with Crippen molar-refractivity contribution in [2.45, 2.75) is 38.6 Å². The van der Waals surface area contributed by atoms with Gasteiger partial charge in [-0.2, -0.15) is 0 Å². The molecule has 1 aliphatic rings. The van der Waals surface area contributed by atoms with Crippen molar-refractivity contribution in [2.75, 3.05) is 18.6 Å². The highest BCUT2D eigenvalue weighted by Crippen LogP contribution is 2.43. The van der Waals surface area contributed by atoms with Crippen LogP contribution in [0.2, 0.25) is 0 Å². The zero-order valence-corrected chi connectivity index (χ0v) is 20.6. The fraction of sp³-hybridized carbons (Fsp3) is 0.267. The Kier molecular flexibility index (Phi) is 8.06. The highest BCUT2D eigenvalue weighted by Gasteiger charge is 2.47. The van der Waals surface area contributed by atoms with Gasteiger partial charge >= 0.3 is 0 Å². The predicted octanol–water partition coefficient (Wildman–Crippen LogP) is 6.28. The molecule has 1 N–H and O–H groups in total. The summed E-state index contributed by atoms with van der Waals surface area (Å²) in [5, 5.41) is 11.2. The molecule has 6 heteroatoms. The van der Waals surface area contributed by atoms with E-state index in [1.54, 1.807) is 67.8 Å². The molecule has 1 atom stereocenters. The zero-order chi connectivity index (χ0) is 25.5. The van der Waals surface area contributed by atoms with Crippen LogP contribution in [-0.4, -0.2) is 30.5 Å². The number of carbonyl (C=O) groups excluding carboxylic acids is 2. The van der Waals surface area contributed by atoms with Crippen molar-refractivity contribution in [1.82, 2.24) is 0 Å². The number of anilines is 1. The molecule has 3 aromatic carbocycles.